The summed E-state index contributed by atoms with van der Waals surface area (Å²) in [4.78, 5) is 49.6. The topological polar surface area (TPSA) is 146 Å². The molecule has 1 saturated carbocycles. The Kier molecular flexibility index (Phi) is 7.98. The molecule has 0 radical (unpaired) electrons. The first kappa shape index (κ1) is 28.9. The Balaban J connectivity index is 2.42. The number of halogens is 1. The van der Waals surface area contributed by atoms with Gasteiger partial charge in [-0.1, -0.05) is 26.2 Å². The van der Waals surface area contributed by atoms with Gasteiger partial charge in [-0.15, -0.1) is 11.6 Å². The summed E-state index contributed by atoms with van der Waals surface area (Å²) in [5.74, 6) is -5.40. The Morgan fingerprint density at radius 3 is 2.22 bits per heavy atom. The van der Waals surface area contributed by atoms with Crippen molar-refractivity contribution in [1.29, 1.82) is 0 Å². The molecule has 2 aliphatic carbocycles. The predicted molar refractivity (Wildman–Crippen MR) is 130 cm³/mol. The van der Waals surface area contributed by atoms with E-state index in [1.54, 1.807) is 6.92 Å². The lowest BCUT2D eigenvalue weighted by Crippen LogP contribution is -2.68. The highest BCUT2D eigenvalue weighted by molar-refractivity contribution is 6.23. The molecule has 11 heteroatoms. The number of hydrogen-bond donors (Lipinski definition) is 2. The fourth-order valence-corrected chi connectivity index (χ4v) is 6.11. The molecule has 37 heavy (non-hydrogen) atoms. The zero-order valence-corrected chi connectivity index (χ0v) is 22.2. The van der Waals surface area contributed by atoms with Crippen LogP contribution < -0.4 is 0 Å². The molecule has 1 aliphatic heterocycles. The second-order valence-electron chi connectivity index (χ2n) is 10.1. The molecular formula is C26H33ClO10. The second-order valence-corrected chi connectivity index (χ2v) is 10.6. The predicted octanol–water partition coefficient (Wildman–Crippen LogP) is 1.75. The molecule has 2 N–H and O–H groups in total. The van der Waals surface area contributed by atoms with Gasteiger partial charge in [-0.25, -0.2) is 0 Å². The molecule has 10 nitrogen and oxygen atoms in total. The van der Waals surface area contributed by atoms with Gasteiger partial charge in [0.1, 0.15) is 18.3 Å². The zero-order valence-electron chi connectivity index (χ0n) is 21.4. The van der Waals surface area contributed by atoms with Crippen LogP contribution in [0.1, 0.15) is 41.0 Å². The van der Waals surface area contributed by atoms with Crippen LogP contribution in [0, 0.1) is 17.3 Å². The van der Waals surface area contributed by atoms with Gasteiger partial charge >= 0.3 is 23.9 Å². The number of carbonyl (C=O) groups excluding carboxylic acids is 4. The molecule has 0 spiro atoms. The Bertz CT molecular complexity index is 1050. The second kappa shape index (κ2) is 10.2. The molecule has 0 aromatic rings. The van der Waals surface area contributed by atoms with Crippen LogP contribution in [0.2, 0.25) is 0 Å². The monoisotopic (exact) mass is 540 g/mol. The Labute approximate surface area is 220 Å². The van der Waals surface area contributed by atoms with Crippen molar-refractivity contribution in [3.63, 3.8) is 0 Å². The molecule has 1 saturated heterocycles. The SMILES string of the molecule is C=C1[C@H](O)C[C@H](OC(C)=O)[C@]2(C)[C@@H](OC(C)=O)/C=C/C(=C)[C@H](Cl)[C@@H]3OC(=O)C(C)[C@@]3(O)[C@@H](OC(C)=O)[C@@H]12. The van der Waals surface area contributed by atoms with Crippen LogP contribution in [0.25, 0.3) is 0 Å². The van der Waals surface area contributed by atoms with Crippen LogP contribution >= 0.6 is 11.6 Å². The van der Waals surface area contributed by atoms with Gasteiger partial charge in [-0.05, 0) is 24.1 Å². The summed E-state index contributed by atoms with van der Waals surface area (Å²) in [6.07, 6.45) is -3.68. The molecule has 1 heterocycles. The summed E-state index contributed by atoms with van der Waals surface area (Å²) in [5, 5.41) is 22.1. The molecule has 3 rings (SSSR count). The van der Waals surface area contributed by atoms with Crippen molar-refractivity contribution >= 4 is 35.5 Å². The zero-order chi connectivity index (χ0) is 28.0. The fraction of sp³-hybridized carbons (Fsp3) is 0.615. The van der Waals surface area contributed by atoms with E-state index in [-0.39, 0.29) is 17.6 Å². The third-order valence-corrected chi connectivity index (χ3v) is 8.25. The van der Waals surface area contributed by atoms with Crippen LogP contribution in [0.3, 0.4) is 0 Å². The molecule has 1 unspecified atom stereocenters. The summed E-state index contributed by atoms with van der Waals surface area (Å²) in [7, 11) is 0. The number of carbonyl (C=O) groups is 4. The smallest absolute Gasteiger partial charge is 0.312 e. The van der Waals surface area contributed by atoms with E-state index in [0.29, 0.717) is 0 Å². The average molecular weight is 541 g/mol. The first-order valence-corrected chi connectivity index (χ1v) is 12.3. The molecule has 0 bridgehead atoms. The third kappa shape index (κ3) is 4.82. The number of esters is 4. The van der Waals surface area contributed by atoms with E-state index < -0.39 is 82.6 Å². The summed E-state index contributed by atoms with van der Waals surface area (Å²) in [5.41, 5.74) is -3.37. The first-order valence-electron chi connectivity index (χ1n) is 11.9. The van der Waals surface area contributed by atoms with E-state index in [4.69, 9.17) is 30.5 Å². The minimum atomic E-state index is -2.24. The fourth-order valence-electron chi connectivity index (χ4n) is 5.79. The van der Waals surface area contributed by atoms with Gasteiger partial charge in [-0.3, -0.25) is 19.2 Å². The van der Waals surface area contributed by atoms with Crippen LogP contribution in [-0.2, 0) is 38.1 Å². The van der Waals surface area contributed by atoms with Crippen molar-refractivity contribution in [2.24, 2.45) is 17.3 Å². The van der Waals surface area contributed by atoms with Gasteiger partial charge in [0.15, 0.2) is 11.7 Å². The standard InChI is InChI=1S/C26H33ClO10/c1-11-8-9-18(34-14(4)28)25(7)19(35-15(5)29)10-17(31)12(2)20(25)22(36-16(6)30)26(33)13(3)24(32)37-23(26)21(11)27/h8-9,13,17-23,31,33H,1-2,10H2,3-7H3/b9-8+/t13?,17-,18+,19+,20-,21+,22+,23+,25+,26-/m1/s1. The molecule has 3 aliphatic rings. The van der Waals surface area contributed by atoms with Gasteiger partial charge in [-0.2, -0.15) is 0 Å². The number of ether oxygens (including phenoxy) is 4. The van der Waals surface area contributed by atoms with Gasteiger partial charge in [0.25, 0.3) is 0 Å². The van der Waals surface area contributed by atoms with E-state index in [1.165, 1.54) is 32.9 Å². The maximum Gasteiger partial charge on any atom is 0.312 e. The Hall–Kier alpha value is -2.69. The molecule has 0 aromatic heterocycles. The highest BCUT2D eigenvalue weighted by atomic mass is 35.5. The lowest BCUT2D eigenvalue weighted by atomic mass is 9.54. The van der Waals surface area contributed by atoms with Crippen molar-refractivity contribution in [2.45, 2.75) is 82.5 Å². The van der Waals surface area contributed by atoms with Gasteiger partial charge in [0, 0.05) is 33.1 Å². The molecule has 2 fully saturated rings. The number of aliphatic hydroxyl groups is 2. The number of hydrogen-bond acceptors (Lipinski definition) is 10. The number of rotatable bonds is 3. The number of alkyl halides is 1. The van der Waals surface area contributed by atoms with E-state index in [0.717, 1.165) is 6.92 Å². The lowest BCUT2D eigenvalue weighted by Gasteiger charge is -2.56. The van der Waals surface area contributed by atoms with Crippen LogP contribution in [-0.4, -0.2) is 75.6 Å². The average Bonchev–Trinajstić information content (AvgIpc) is 3.02. The summed E-state index contributed by atoms with van der Waals surface area (Å²) in [6.45, 7) is 14.4. The van der Waals surface area contributed by atoms with Gasteiger partial charge in [0.05, 0.1) is 22.8 Å². The highest BCUT2D eigenvalue weighted by Gasteiger charge is 2.69. The van der Waals surface area contributed by atoms with E-state index in [1.807, 2.05) is 0 Å². The maximum absolute atomic E-state index is 12.8. The summed E-state index contributed by atoms with van der Waals surface area (Å²) in [6, 6.07) is 0. The van der Waals surface area contributed by atoms with Gasteiger partial charge < -0.3 is 29.2 Å². The first-order chi connectivity index (χ1) is 17.1. The number of aliphatic hydroxyl groups excluding tert-OH is 1. The number of fused-ring (bicyclic) bond motifs is 2. The maximum atomic E-state index is 12.8. The molecule has 10 atom stereocenters. The summed E-state index contributed by atoms with van der Waals surface area (Å²) >= 11 is 6.64. The minimum Gasteiger partial charge on any atom is -0.462 e. The van der Waals surface area contributed by atoms with Crippen LogP contribution in [0.4, 0.5) is 0 Å². The van der Waals surface area contributed by atoms with Crippen molar-refractivity contribution in [3.8, 4) is 0 Å². The van der Waals surface area contributed by atoms with Crippen LogP contribution in [0.15, 0.2) is 36.5 Å². The third-order valence-electron chi connectivity index (χ3n) is 7.75. The van der Waals surface area contributed by atoms with Crippen molar-refractivity contribution in [1.82, 2.24) is 0 Å². The number of allylic oxidation sites excluding steroid dienone is 1. The van der Waals surface area contributed by atoms with E-state index in [9.17, 15) is 29.4 Å². The molecule has 204 valence electrons. The van der Waals surface area contributed by atoms with E-state index in [2.05, 4.69) is 13.2 Å². The summed E-state index contributed by atoms with van der Waals surface area (Å²) < 4.78 is 22.5. The largest absolute Gasteiger partial charge is 0.462 e. The molecule has 0 amide bonds. The molecular weight excluding hydrogens is 508 g/mol. The lowest BCUT2D eigenvalue weighted by molar-refractivity contribution is -0.222. The normalized spacial score (nSPS) is 42.5. The minimum absolute atomic E-state index is 0.115. The Morgan fingerprint density at radius 2 is 1.68 bits per heavy atom. The van der Waals surface area contributed by atoms with Crippen molar-refractivity contribution in [2.75, 3.05) is 0 Å². The van der Waals surface area contributed by atoms with Crippen molar-refractivity contribution < 1.29 is 48.3 Å². The Morgan fingerprint density at radius 1 is 1.11 bits per heavy atom. The highest BCUT2D eigenvalue weighted by Crippen LogP contribution is 2.56. The van der Waals surface area contributed by atoms with Crippen LogP contribution in [0.5, 0.6) is 0 Å². The quantitative estimate of drug-likeness (QED) is 0.235. The molecule has 0 aromatic carbocycles. The van der Waals surface area contributed by atoms with E-state index >= 15 is 0 Å². The van der Waals surface area contributed by atoms with Crippen molar-refractivity contribution in [3.05, 3.63) is 36.5 Å². The van der Waals surface area contributed by atoms with Gasteiger partial charge in [0.2, 0.25) is 0 Å².